The number of rotatable bonds is 13. The lowest BCUT2D eigenvalue weighted by Gasteiger charge is -2.67. The van der Waals surface area contributed by atoms with Gasteiger partial charge >= 0.3 is 5.97 Å². The van der Waals surface area contributed by atoms with Gasteiger partial charge < -0.3 is 67.8 Å². The van der Waals surface area contributed by atoms with Gasteiger partial charge in [-0.1, -0.05) is 38.0 Å². The number of ketones is 1. The number of aliphatic hydroxyl groups is 4. The summed E-state index contributed by atoms with van der Waals surface area (Å²) in [5, 5.41) is 48.3. The van der Waals surface area contributed by atoms with Crippen LogP contribution in [-0.4, -0.2) is 156 Å². The number of carbonyl (C=O) groups is 2. The summed E-state index contributed by atoms with van der Waals surface area (Å²) >= 11 is 0. The quantitative estimate of drug-likeness (QED) is 0.113. The van der Waals surface area contributed by atoms with E-state index in [1.54, 1.807) is 35.2 Å². The molecule has 0 amide bonds. The van der Waals surface area contributed by atoms with Crippen LogP contribution in [0.3, 0.4) is 0 Å². The Labute approximate surface area is 384 Å². The second-order valence-electron chi connectivity index (χ2n) is 21.0. The molecule has 0 bridgehead atoms. The number of ether oxygens (including phenoxy) is 10. The van der Waals surface area contributed by atoms with Gasteiger partial charge in [0.15, 0.2) is 24.7 Å². The first-order valence-corrected chi connectivity index (χ1v) is 24.0. The first-order chi connectivity index (χ1) is 30.5. The van der Waals surface area contributed by atoms with E-state index in [-0.39, 0.29) is 49.9 Å². The molecular weight excluding hydrogens is 845 g/mol. The van der Waals surface area contributed by atoms with Gasteiger partial charge in [0.25, 0.3) is 0 Å². The highest BCUT2D eigenvalue weighted by atomic mass is 16.7. The van der Waals surface area contributed by atoms with Crippen molar-refractivity contribution in [3.8, 4) is 0 Å². The molecule has 4 aliphatic carbocycles. The number of hydrogen-bond donors (Lipinski definition) is 4. The van der Waals surface area contributed by atoms with Gasteiger partial charge in [-0.25, -0.2) is 4.79 Å². The van der Waals surface area contributed by atoms with Crippen molar-refractivity contribution < 1.29 is 77.4 Å². The summed E-state index contributed by atoms with van der Waals surface area (Å²) in [6, 6.07) is 0. The standard InChI is InChI=1S/C49H78O16/c1-25(2)26(3)19-38(51)63-37-24-36-45(8)15-14-32(20-31(45)13-16-48(36,54)49(55)18-17-47(53,30(7)50)46(37,49)9)62-39-22-34(57-11)43(28(5)60-39)65-41-23-35(58-12)44(29(6)61-41)64-40-21-33(56-10)42(52)27(4)59-40/h13,19,25,27-29,32-37,39-44,52-55H,14-18,20-24H2,1-12H3/b26-19+/t27-,28-,29-,32+,33-,34+,35+,36-,37-,39-,40-,41-,42-,43-,44-,45+,46-,47-,48?,49-/m1/s1. The molecule has 0 aromatic heterocycles. The van der Waals surface area contributed by atoms with Crippen molar-refractivity contribution in [3.63, 3.8) is 0 Å². The Kier molecular flexibility index (Phi) is 15.0. The van der Waals surface area contributed by atoms with Crippen molar-refractivity contribution in [1.82, 2.24) is 0 Å². The minimum absolute atomic E-state index is 0.0276. The molecule has 6 fully saturated rings. The van der Waals surface area contributed by atoms with Gasteiger partial charge in [0.1, 0.15) is 41.2 Å². The van der Waals surface area contributed by atoms with Crippen LogP contribution in [0.4, 0.5) is 0 Å². The smallest absolute Gasteiger partial charge is 0.330 e. The molecule has 7 aliphatic rings. The average molecular weight is 923 g/mol. The van der Waals surface area contributed by atoms with Crippen molar-refractivity contribution in [2.75, 3.05) is 21.3 Å². The predicted molar refractivity (Wildman–Crippen MR) is 234 cm³/mol. The predicted octanol–water partition coefficient (Wildman–Crippen LogP) is 4.59. The van der Waals surface area contributed by atoms with E-state index in [9.17, 15) is 30.0 Å². The molecule has 65 heavy (non-hydrogen) atoms. The Morgan fingerprint density at radius 3 is 1.85 bits per heavy atom. The Hall–Kier alpha value is -1.90. The number of aliphatic hydroxyl groups excluding tert-OH is 1. The van der Waals surface area contributed by atoms with Crippen LogP contribution in [0, 0.1) is 22.7 Å². The topological polar surface area (TPSA) is 207 Å². The van der Waals surface area contributed by atoms with E-state index in [0.29, 0.717) is 38.5 Å². The molecule has 0 aromatic carbocycles. The number of fused-ring (bicyclic) bond motifs is 5. The molecule has 0 radical (unpaired) electrons. The maximum Gasteiger partial charge on any atom is 0.330 e. The summed E-state index contributed by atoms with van der Waals surface area (Å²) in [5.41, 5.74) is -6.04. The number of methoxy groups -OCH3 is 3. The van der Waals surface area contributed by atoms with Crippen LogP contribution >= 0.6 is 0 Å². The molecule has 3 saturated carbocycles. The molecule has 16 nitrogen and oxygen atoms in total. The van der Waals surface area contributed by atoms with Gasteiger partial charge in [-0.15, -0.1) is 0 Å². The third-order valence-electron chi connectivity index (χ3n) is 17.4. The molecule has 3 saturated heterocycles. The van der Waals surface area contributed by atoms with Crippen molar-refractivity contribution in [3.05, 3.63) is 23.3 Å². The van der Waals surface area contributed by atoms with E-state index >= 15 is 0 Å². The zero-order valence-corrected chi connectivity index (χ0v) is 40.7. The van der Waals surface area contributed by atoms with E-state index in [1.165, 1.54) is 13.0 Å². The van der Waals surface area contributed by atoms with Crippen LogP contribution in [0.2, 0.25) is 0 Å². The largest absolute Gasteiger partial charge is 0.458 e. The lowest BCUT2D eigenvalue weighted by atomic mass is 9.42. The first-order valence-electron chi connectivity index (χ1n) is 24.0. The number of carbonyl (C=O) groups excluding carboxylic acids is 2. The van der Waals surface area contributed by atoms with Crippen LogP contribution in [0.15, 0.2) is 23.3 Å². The van der Waals surface area contributed by atoms with E-state index < -0.39 is 113 Å². The molecule has 1 unspecified atom stereocenters. The molecule has 3 heterocycles. The fourth-order valence-electron chi connectivity index (χ4n) is 12.9. The summed E-state index contributed by atoms with van der Waals surface area (Å²) in [7, 11) is 4.84. The summed E-state index contributed by atoms with van der Waals surface area (Å²) in [5.74, 6) is -1.59. The molecule has 7 rings (SSSR count). The van der Waals surface area contributed by atoms with Gasteiger partial charge in [-0.2, -0.15) is 0 Å². The molecule has 4 N–H and O–H groups in total. The maximum atomic E-state index is 13.5. The minimum atomic E-state index is -2.02. The first kappa shape index (κ1) is 51.0. The van der Waals surface area contributed by atoms with Crippen molar-refractivity contribution in [2.24, 2.45) is 22.7 Å². The Morgan fingerprint density at radius 2 is 1.31 bits per heavy atom. The molecule has 3 aliphatic heterocycles. The van der Waals surface area contributed by atoms with E-state index in [0.717, 1.165) is 11.1 Å². The molecule has 370 valence electrons. The van der Waals surface area contributed by atoms with Crippen molar-refractivity contribution in [1.29, 1.82) is 0 Å². The zero-order valence-electron chi connectivity index (χ0n) is 40.7. The molecular formula is C49H78O16. The van der Waals surface area contributed by atoms with Crippen LogP contribution in [0.5, 0.6) is 0 Å². The monoisotopic (exact) mass is 923 g/mol. The third-order valence-corrected chi connectivity index (χ3v) is 17.4. The Balaban J connectivity index is 1.01. The Bertz CT molecular complexity index is 1790. The van der Waals surface area contributed by atoms with E-state index in [4.69, 9.17) is 47.4 Å². The maximum absolute atomic E-state index is 13.5. The molecule has 0 aromatic rings. The lowest BCUT2D eigenvalue weighted by Crippen LogP contribution is -2.78. The second-order valence-corrected chi connectivity index (χ2v) is 21.0. The van der Waals surface area contributed by atoms with Gasteiger partial charge in [-0.3, -0.25) is 4.79 Å². The second kappa shape index (κ2) is 19.1. The van der Waals surface area contributed by atoms with Crippen LogP contribution in [-0.2, 0) is 57.0 Å². The highest BCUT2D eigenvalue weighted by molar-refractivity contribution is 5.87. The Morgan fingerprint density at radius 1 is 0.769 bits per heavy atom. The van der Waals surface area contributed by atoms with Gasteiger partial charge in [0.05, 0.1) is 48.1 Å². The van der Waals surface area contributed by atoms with Crippen molar-refractivity contribution in [2.45, 2.75) is 229 Å². The normalized spacial score (nSPS) is 49.1. The van der Waals surface area contributed by atoms with E-state index in [2.05, 4.69) is 6.92 Å². The average Bonchev–Trinajstić information content (AvgIpc) is 3.48. The number of esters is 1. The summed E-state index contributed by atoms with van der Waals surface area (Å²) < 4.78 is 62.1. The summed E-state index contributed by atoms with van der Waals surface area (Å²) in [4.78, 5) is 26.8. The highest BCUT2D eigenvalue weighted by Gasteiger charge is 2.81. The molecule has 0 spiro atoms. The number of Topliss-reactive ketones (excluding diaryl/α,β-unsaturated/α-hetero) is 1. The molecule has 16 heteroatoms. The number of allylic oxidation sites excluding steroid dienone is 1. The number of hydrogen-bond acceptors (Lipinski definition) is 16. The zero-order chi connectivity index (χ0) is 47.6. The highest BCUT2D eigenvalue weighted by Crippen LogP contribution is 2.71. The van der Waals surface area contributed by atoms with Crippen LogP contribution in [0.25, 0.3) is 0 Å². The van der Waals surface area contributed by atoms with Crippen LogP contribution in [0.1, 0.15) is 127 Å². The fraction of sp³-hybridized carbons (Fsp3) is 0.878. The van der Waals surface area contributed by atoms with Gasteiger partial charge in [0, 0.05) is 52.6 Å². The summed E-state index contributed by atoms with van der Waals surface area (Å²) in [6.45, 7) is 16.4. The fourth-order valence-corrected chi connectivity index (χ4v) is 12.9. The summed E-state index contributed by atoms with van der Waals surface area (Å²) in [6.07, 6.45) is -0.620. The van der Waals surface area contributed by atoms with Gasteiger partial charge in [0.2, 0.25) is 0 Å². The van der Waals surface area contributed by atoms with Crippen molar-refractivity contribution >= 4 is 11.8 Å². The lowest BCUT2D eigenvalue weighted by molar-refractivity contribution is -0.338. The van der Waals surface area contributed by atoms with Crippen LogP contribution < -0.4 is 0 Å². The minimum Gasteiger partial charge on any atom is -0.458 e. The molecule has 20 atom stereocenters. The SMILES string of the molecule is CO[C@H]1C[C@@H](O[C@H]2CC[C@@]3(C)C(=CCC4(O)[C@@H]3C[C@@H](OC(=O)/C=C(\C)C(C)C)[C@]3(C)[C@](O)(C(C)=O)CC[C@]43O)C2)O[C@H](C)[C@H]1O[C@@H]1C[C@H](OC)[C@H](O[C@@H]2C[C@@H](OC)[C@H](O)[C@@H](C)O2)[C@@H](C)O1. The van der Waals surface area contributed by atoms with E-state index in [1.807, 2.05) is 40.7 Å². The van der Waals surface area contributed by atoms with Gasteiger partial charge in [-0.05, 0) is 97.8 Å². The third kappa shape index (κ3) is 8.75.